The van der Waals surface area contributed by atoms with Crippen molar-refractivity contribution in [3.63, 3.8) is 0 Å². The monoisotopic (exact) mass is 692 g/mol. The van der Waals surface area contributed by atoms with Gasteiger partial charge in [-0.15, -0.1) is 12.4 Å². The standard InChI is InChI=1S/C15H19ClN2O3.C8H15NO.C7H5Cl2NO2.ClH/c1-21-13(19)10-9-17-12(16)8-11(10)18-14-2-5-15(20,6-3-14)7-4-14;9-7-1-4-8(10,5-2-7)6-3-7;1-12-7(11)4-3-10-6(9)2-5(4)8;/h8-9,20H,2-7H2,1H3,(H,17,18);10H,1-6,9H2;2-3H,1H3;1H. The van der Waals surface area contributed by atoms with Crippen LogP contribution in [0, 0.1) is 0 Å². The molecule has 0 aromatic carbocycles. The van der Waals surface area contributed by atoms with Crippen molar-refractivity contribution in [2.24, 2.45) is 5.73 Å². The average molecular weight is 694 g/mol. The highest BCUT2D eigenvalue weighted by molar-refractivity contribution is 6.36. The number of pyridine rings is 2. The number of nitrogens with zero attached hydrogens (tertiary/aromatic N) is 2. The summed E-state index contributed by atoms with van der Waals surface area (Å²) in [6.45, 7) is 0. The fourth-order valence-corrected chi connectivity index (χ4v) is 6.91. The molecule has 44 heavy (non-hydrogen) atoms. The molecule has 0 atom stereocenters. The number of aliphatic hydroxyl groups is 2. The van der Waals surface area contributed by atoms with Crippen molar-refractivity contribution in [2.45, 2.75) is 99.3 Å². The van der Waals surface area contributed by atoms with Crippen LogP contribution in [-0.2, 0) is 9.47 Å². The Balaban J connectivity index is 0.000000195. The third-order valence-electron chi connectivity index (χ3n) is 9.37. The van der Waals surface area contributed by atoms with Crippen LogP contribution in [0.25, 0.3) is 0 Å². The van der Waals surface area contributed by atoms with Crippen LogP contribution in [-0.4, -0.2) is 68.6 Å². The van der Waals surface area contributed by atoms with Crippen molar-refractivity contribution in [3.8, 4) is 0 Å². The molecule has 10 nitrogen and oxygen atoms in total. The van der Waals surface area contributed by atoms with Crippen LogP contribution in [0.15, 0.2) is 24.5 Å². The zero-order chi connectivity index (χ0) is 31.5. The number of methoxy groups -OCH3 is 2. The van der Waals surface area contributed by atoms with Crippen molar-refractivity contribution >= 4 is 64.8 Å². The Bertz CT molecular complexity index is 1280. The summed E-state index contributed by atoms with van der Waals surface area (Å²) in [6, 6.07) is 3.05. The molecule has 6 aliphatic carbocycles. The van der Waals surface area contributed by atoms with Crippen LogP contribution in [0.5, 0.6) is 0 Å². The van der Waals surface area contributed by atoms with Gasteiger partial charge in [0.2, 0.25) is 0 Å². The molecule has 6 saturated carbocycles. The molecular formula is C30H40Cl4N4O6. The predicted octanol–water partition coefficient (Wildman–Crippen LogP) is 6.15. The van der Waals surface area contributed by atoms with Crippen LogP contribution in [0.2, 0.25) is 15.3 Å². The molecule has 244 valence electrons. The molecule has 0 saturated heterocycles. The minimum Gasteiger partial charge on any atom is -0.465 e. The molecule has 5 N–H and O–H groups in total. The topological polar surface area (TPSA) is 157 Å². The molecule has 0 unspecified atom stereocenters. The van der Waals surface area contributed by atoms with Crippen LogP contribution in [0.1, 0.15) is 97.8 Å². The van der Waals surface area contributed by atoms with E-state index < -0.39 is 17.5 Å². The van der Waals surface area contributed by atoms with Gasteiger partial charge in [-0.25, -0.2) is 19.6 Å². The first-order valence-electron chi connectivity index (χ1n) is 14.4. The second-order valence-electron chi connectivity index (χ2n) is 12.2. The van der Waals surface area contributed by atoms with Crippen molar-refractivity contribution < 1.29 is 29.3 Å². The zero-order valence-corrected chi connectivity index (χ0v) is 27.9. The Hall–Kier alpha value is -1.92. The summed E-state index contributed by atoms with van der Waals surface area (Å²) in [5.74, 6) is -0.953. The van der Waals surface area contributed by atoms with Crippen LogP contribution >= 0.6 is 47.2 Å². The Kier molecular flexibility index (Phi) is 12.2. The molecule has 0 radical (unpaired) electrons. The largest absolute Gasteiger partial charge is 0.465 e. The Morgan fingerprint density at radius 3 is 1.59 bits per heavy atom. The predicted molar refractivity (Wildman–Crippen MR) is 172 cm³/mol. The van der Waals surface area contributed by atoms with Gasteiger partial charge in [-0.1, -0.05) is 34.8 Å². The van der Waals surface area contributed by atoms with Crippen molar-refractivity contribution in [3.05, 3.63) is 51.0 Å². The number of nitrogens with one attached hydrogen (secondary N) is 1. The molecule has 6 aliphatic rings. The number of carbonyl (C=O) groups is 2. The van der Waals surface area contributed by atoms with Gasteiger partial charge in [-0.2, -0.15) is 0 Å². The number of rotatable bonds is 4. The summed E-state index contributed by atoms with van der Waals surface area (Å²) in [4.78, 5) is 30.5. The molecule has 6 fully saturated rings. The lowest BCUT2D eigenvalue weighted by Crippen LogP contribution is -2.54. The van der Waals surface area contributed by atoms with Gasteiger partial charge in [0.05, 0.1) is 41.7 Å². The minimum atomic E-state index is -0.524. The highest BCUT2D eigenvalue weighted by Crippen LogP contribution is 2.48. The molecule has 8 rings (SSSR count). The van der Waals surface area contributed by atoms with Crippen molar-refractivity contribution in [1.82, 2.24) is 9.97 Å². The second-order valence-corrected chi connectivity index (χ2v) is 13.4. The maximum atomic E-state index is 11.9. The zero-order valence-electron chi connectivity index (χ0n) is 24.8. The Labute approximate surface area is 278 Å². The third-order valence-corrected chi connectivity index (χ3v) is 10.1. The quantitative estimate of drug-likeness (QED) is 0.216. The summed E-state index contributed by atoms with van der Waals surface area (Å²) >= 11 is 17.2. The normalized spacial score (nSPS) is 29.5. The van der Waals surface area contributed by atoms with E-state index in [0.29, 0.717) is 16.4 Å². The number of esters is 2. The van der Waals surface area contributed by atoms with Gasteiger partial charge in [0.15, 0.2) is 0 Å². The van der Waals surface area contributed by atoms with Gasteiger partial charge in [-0.3, -0.25) is 0 Å². The number of hydrogen-bond donors (Lipinski definition) is 4. The van der Waals surface area contributed by atoms with E-state index in [1.165, 1.54) is 32.7 Å². The summed E-state index contributed by atoms with van der Waals surface area (Å²) in [5.41, 5.74) is 6.54. The van der Waals surface area contributed by atoms with Gasteiger partial charge in [-0.05, 0) is 89.2 Å². The van der Waals surface area contributed by atoms with Gasteiger partial charge < -0.3 is 30.7 Å². The fourth-order valence-electron chi connectivity index (χ4n) is 6.31. The molecular weight excluding hydrogens is 654 g/mol. The number of anilines is 1. The van der Waals surface area contributed by atoms with E-state index in [4.69, 9.17) is 45.3 Å². The number of aromatic nitrogens is 2. The molecule has 0 aliphatic heterocycles. The number of ether oxygens (including phenoxy) is 2. The van der Waals surface area contributed by atoms with Crippen LogP contribution in [0.4, 0.5) is 5.69 Å². The maximum Gasteiger partial charge on any atom is 0.341 e. The lowest BCUT2D eigenvalue weighted by atomic mass is 9.63. The molecule has 14 heteroatoms. The summed E-state index contributed by atoms with van der Waals surface area (Å²) in [7, 11) is 2.62. The summed E-state index contributed by atoms with van der Waals surface area (Å²) in [5, 5.41) is 24.4. The highest BCUT2D eigenvalue weighted by atomic mass is 35.5. The van der Waals surface area contributed by atoms with Gasteiger partial charge >= 0.3 is 11.9 Å². The van der Waals surface area contributed by atoms with Gasteiger partial charge in [0.25, 0.3) is 0 Å². The maximum absolute atomic E-state index is 11.9. The lowest BCUT2D eigenvalue weighted by Gasteiger charge is -2.51. The fraction of sp³-hybridized carbons (Fsp3) is 0.600. The second kappa shape index (κ2) is 14.7. The molecule has 2 heterocycles. The van der Waals surface area contributed by atoms with E-state index in [1.807, 2.05) is 0 Å². The van der Waals surface area contributed by atoms with E-state index in [2.05, 4.69) is 20.0 Å². The van der Waals surface area contributed by atoms with E-state index in [-0.39, 0.29) is 44.8 Å². The first kappa shape index (κ1) is 36.5. The van der Waals surface area contributed by atoms with E-state index in [0.717, 1.165) is 77.0 Å². The number of nitrogens with two attached hydrogens (primary N) is 1. The average Bonchev–Trinajstić information content (AvgIpc) is 2.99. The molecule has 2 aromatic rings. The minimum absolute atomic E-state index is 0. The van der Waals surface area contributed by atoms with Gasteiger partial charge in [0.1, 0.15) is 15.9 Å². The Morgan fingerprint density at radius 1 is 0.750 bits per heavy atom. The van der Waals surface area contributed by atoms with E-state index in [1.54, 1.807) is 6.07 Å². The summed E-state index contributed by atoms with van der Waals surface area (Å²) in [6.07, 6.45) is 13.7. The van der Waals surface area contributed by atoms with Gasteiger partial charge in [0, 0.05) is 23.5 Å². The number of halogens is 4. The van der Waals surface area contributed by atoms with E-state index in [9.17, 15) is 19.8 Å². The molecule has 0 spiro atoms. The van der Waals surface area contributed by atoms with Crippen LogP contribution in [0.3, 0.4) is 0 Å². The number of hydrogen-bond acceptors (Lipinski definition) is 10. The first-order valence-corrected chi connectivity index (χ1v) is 15.5. The molecule has 4 bridgehead atoms. The summed E-state index contributed by atoms with van der Waals surface area (Å²) < 4.78 is 9.25. The molecule has 2 aromatic heterocycles. The van der Waals surface area contributed by atoms with Crippen LogP contribution < -0.4 is 11.1 Å². The number of carbonyl (C=O) groups excluding carboxylic acids is 2. The van der Waals surface area contributed by atoms with Crippen molar-refractivity contribution in [1.29, 1.82) is 0 Å². The highest BCUT2D eigenvalue weighted by Gasteiger charge is 2.48. The number of fused-ring (bicyclic) bond motifs is 6. The third kappa shape index (κ3) is 8.87. The SMILES string of the molecule is COC(=O)c1cnc(Cl)cc1Cl.COC(=O)c1cnc(Cl)cc1NC12CCC(O)(CC1)CC2.Cl.NC12CCC(O)(CC1)CC2. The van der Waals surface area contributed by atoms with Crippen molar-refractivity contribution in [2.75, 3.05) is 19.5 Å². The molecule has 0 amide bonds. The first-order chi connectivity index (χ1) is 20.2. The lowest BCUT2D eigenvalue weighted by molar-refractivity contribution is -0.0630. The van der Waals surface area contributed by atoms with E-state index >= 15 is 0 Å². The Morgan fingerprint density at radius 2 is 1.16 bits per heavy atom. The smallest absolute Gasteiger partial charge is 0.341 e.